The van der Waals surface area contributed by atoms with Gasteiger partial charge in [-0.15, -0.1) is 0 Å². The van der Waals surface area contributed by atoms with Crippen LogP contribution in [-0.4, -0.2) is 9.97 Å². The van der Waals surface area contributed by atoms with Gasteiger partial charge >= 0.3 is 0 Å². The zero-order valence-corrected chi connectivity index (χ0v) is 26.9. The number of pyridine rings is 2. The summed E-state index contributed by atoms with van der Waals surface area (Å²) in [6.45, 7) is 4.06. The molecule has 2 N–H and O–H groups in total. The van der Waals surface area contributed by atoms with Crippen molar-refractivity contribution in [2.75, 3.05) is 0 Å². The molecular weight excluding hydrogens is 611 g/mol. The lowest BCUT2D eigenvalue weighted by Gasteiger charge is -2.19. The Morgan fingerprint density at radius 1 is 0.543 bits per heavy atom. The van der Waals surface area contributed by atoms with Gasteiger partial charge in [-0.05, 0) is 49.2 Å². The first-order valence-corrected chi connectivity index (χ1v) is 15.6. The Labute approximate surface area is 279 Å². The third-order valence-corrected chi connectivity index (χ3v) is 8.33. The minimum atomic E-state index is -0.519. The maximum atomic E-state index is 9.57. The zero-order chi connectivity index (χ0) is 32.5. The van der Waals surface area contributed by atoms with Gasteiger partial charge in [0.25, 0.3) is 0 Å². The van der Waals surface area contributed by atoms with Crippen LogP contribution in [0.1, 0.15) is 60.3 Å². The van der Waals surface area contributed by atoms with Gasteiger partial charge in [0.05, 0.1) is 23.2 Å². The molecule has 46 heavy (non-hydrogen) atoms. The third-order valence-electron chi connectivity index (χ3n) is 7.72. The molecule has 6 nitrogen and oxygen atoms in total. The lowest BCUT2D eigenvalue weighted by Crippen LogP contribution is -2.24. The average Bonchev–Trinajstić information content (AvgIpc) is 3.10. The zero-order valence-electron chi connectivity index (χ0n) is 25.4. The molecule has 6 aromatic rings. The second-order valence-electron chi connectivity index (χ2n) is 10.8. The number of halogens is 2. The summed E-state index contributed by atoms with van der Waals surface area (Å²) in [5.74, 6) is 0. The van der Waals surface area contributed by atoms with E-state index in [0.29, 0.717) is 21.4 Å². The molecule has 6 rings (SSSR count). The molecule has 2 heterocycles. The monoisotopic (exact) mass is 642 g/mol. The van der Waals surface area contributed by atoms with Crippen LogP contribution in [0.3, 0.4) is 0 Å². The van der Waals surface area contributed by atoms with E-state index >= 15 is 0 Å². The maximum absolute atomic E-state index is 9.57. The first kappa shape index (κ1) is 32.6. The quantitative estimate of drug-likeness (QED) is 0.160. The number of nitriles is 2. The van der Waals surface area contributed by atoms with E-state index in [1.54, 1.807) is 0 Å². The highest BCUT2D eigenvalue weighted by atomic mass is 35.5. The molecule has 4 aromatic carbocycles. The molecule has 4 atom stereocenters. The normalized spacial score (nSPS) is 13.4. The number of hydrogen-bond donors (Lipinski definition) is 2. The van der Waals surface area contributed by atoms with E-state index in [0.717, 1.165) is 32.9 Å². The molecule has 0 radical (unpaired) electrons. The van der Waals surface area contributed by atoms with Gasteiger partial charge in [0.15, 0.2) is 0 Å². The van der Waals surface area contributed by atoms with Crippen LogP contribution in [-0.2, 0) is 0 Å². The molecule has 228 valence electrons. The Morgan fingerprint density at radius 2 is 0.891 bits per heavy atom. The summed E-state index contributed by atoms with van der Waals surface area (Å²) >= 11 is 12.6. The summed E-state index contributed by atoms with van der Waals surface area (Å²) in [5, 5.41) is 28.5. The Bertz CT molecular complexity index is 1860. The van der Waals surface area contributed by atoms with Gasteiger partial charge in [-0.3, -0.25) is 10.6 Å². The largest absolute Gasteiger partial charge is 0.291 e. The van der Waals surface area contributed by atoms with Crippen LogP contribution in [0.25, 0.3) is 21.8 Å². The highest BCUT2D eigenvalue weighted by Gasteiger charge is 2.20. The summed E-state index contributed by atoms with van der Waals surface area (Å²) in [6.07, 6.45) is 0. The SMILES string of the molecule is C[C@H](N[C@H](C#N)c1cc2ccccc2nc1Cl)c1ccccc1.C[C@H](N[C@H](C#N)c1cc2ccccc2nc1Cl)c1ccccc1. The second kappa shape index (κ2) is 15.5. The van der Waals surface area contributed by atoms with Crippen molar-refractivity contribution in [1.29, 1.82) is 10.5 Å². The molecule has 0 spiro atoms. The number of nitrogens with zero attached hydrogens (tertiary/aromatic N) is 4. The number of nitrogens with one attached hydrogen (secondary N) is 2. The van der Waals surface area contributed by atoms with Gasteiger partial charge < -0.3 is 0 Å². The lowest BCUT2D eigenvalue weighted by molar-refractivity contribution is 0.533. The van der Waals surface area contributed by atoms with Crippen LogP contribution in [0.2, 0.25) is 10.3 Å². The first-order valence-electron chi connectivity index (χ1n) is 14.9. The van der Waals surface area contributed by atoms with E-state index in [1.165, 1.54) is 0 Å². The van der Waals surface area contributed by atoms with E-state index in [2.05, 4.69) is 32.7 Å². The van der Waals surface area contributed by atoms with E-state index in [4.69, 9.17) is 23.2 Å². The number of rotatable bonds is 8. The molecular formula is C38H32Cl2N6. The van der Waals surface area contributed by atoms with Crippen molar-refractivity contribution in [3.05, 3.63) is 154 Å². The second-order valence-corrected chi connectivity index (χ2v) is 11.6. The molecule has 8 heteroatoms. The molecule has 2 aromatic heterocycles. The number of benzene rings is 4. The number of hydrogen-bond acceptors (Lipinski definition) is 6. The molecule has 0 saturated heterocycles. The predicted molar refractivity (Wildman–Crippen MR) is 186 cm³/mol. The van der Waals surface area contributed by atoms with Crippen molar-refractivity contribution in [3.63, 3.8) is 0 Å². The minimum absolute atomic E-state index is 0.0309. The first-order chi connectivity index (χ1) is 22.4. The fraction of sp³-hybridized carbons (Fsp3) is 0.158. The molecule has 0 aliphatic carbocycles. The van der Waals surface area contributed by atoms with Crippen LogP contribution in [0.5, 0.6) is 0 Å². The molecule has 0 bridgehead atoms. The summed E-state index contributed by atoms with van der Waals surface area (Å²) in [4.78, 5) is 8.80. The number of aromatic nitrogens is 2. The topological polar surface area (TPSA) is 97.4 Å². The smallest absolute Gasteiger partial charge is 0.135 e. The molecule has 0 unspecified atom stereocenters. The standard InChI is InChI=1S/2C19H16ClN3/c2*1-13(14-7-3-2-4-8-14)22-18(12-21)16-11-15-9-5-6-10-17(15)23-19(16)20/h2*2-11,13,18,22H,1H3/t2*13-,18+/m00/s1. The lowest BCUT2D eigenvalue weighted by atomic mass is 10.0. The van der Waals surface area contributed by atoms with Gasteiger partial charge in [-0.2, -0.15) is 10.5 Å². The summed E-state index contributed by atoms with van der Waals surface area (Å²) < 4.78 is 0. The molecule has 0 aliphatic heterocycles. The fourth-order valence-electron chi connectivity index (χ4n) is 5.19. The fourth-order valence-corrected chi connectivity index (χ4v) is 5.70. The van der Waals surface area contributed by atoms with Crippen molar-refractivity contribution in [2.45, 2.75) is 38.0 Å². The van der Waals surface area contributed by atoms with Crippen LogP contribution in [0.15, 0.2) is 121 Å². The van der Waals surface area contributed by atoms with Gasteiger partial charge in [0.1, 0.15) is 22.4 Å². The number of para-hydroxylation sites is 2. The van der Waals surface area contributed by atoms with E-state index in [9.17, 15) is 10.5 Å². The number of fused-ring (bicyclic) bond motifs is 2. The Kier molecular flexibility index (Phi) is 10.9. The summed E-state index contributed by atoms with van der Waals surface area (Å²) in [6, 6.07) is 43.0. The van der Waals surface area contributed by atoms with Gasteiger partial charge in [0, 0.05) is 34.0 Å². The predicted octanol–water partition coefficient (Wildman–Crippen LogP) is 9.61. The van der Waals surface area contributed by atoms with Crippen LogP contribution in [0.4, 0.5) is 0 Å². The summed E-state index contributed by atoms with van der Waals surface area (Å²) in [7, 11) is 0. The van der Waals surface area contributed by atoms with Gasteiger partial charge in [0.2, 0.25) is 0 Å². The van der Waals surface area contributed by atoms with Crippen LogP contribution < -0.4 is 10.6 Å². The van der Waals surface area contributed by atoms with E-state index < -0.39 is 12.1 Å². The van der Waals surface area contributed by atoms with Crippen molar-refractivity contribution in [3.8, 4) is 12.1 Å². The highest BCUT2D eigenvalue weighted by molar-refractivity contribution is 6.31. The van der Waals surface area contributed by atoms with Crippen molar-refractivity contribution in [2.24, 2.45) is 0 Å². The molecule has 0 amide bonds. The maximum Gasteiger partial charge on any atom is 0.135 e. The summed E-state index contributed by atoms with van der Waals surface area (Å²) in [5.41, 5.74) is 5.31. The Morgan fingerprint density at radius 3 is 1.26 bits per heavy atom. The van der Waals surface area contributed by atoms with Gasteiger partial charge in [-0.1, -0.05) is 120 Å². The Balaban J connectivity index is 0.000000181. The molecule has 0 saturated carbocycles. The van der Waals surface area contributed by atoms with Crippen molar-refractivity contribution in [1.82, 2.24) is 20.6 Å². The van der Waals surface area contributed by atoms with Gasteiger partial charge in [-0.25, -0.2) is 9.97 Å². The minimum Gasteiger partial charge on any atom is -0.291 e. The highest BCUT2D eigenvalue weighted by Crippen LogP contribution is 2.29. The molecule has 0 aliphatic rings. The van der Waals surface area contributed by atoms with E-state index in [1.807, 2.05) is 135 Å². The van der Waals surface area contributed by atoms with Crippen LogP contribution in [0, 0.1) is 22.7 Å². The van der Waals surface area contributed by atoms with Crippen LogP contribution >= 0.6 is 23.2 Å². The Hall–Kier alpha value is -4.82. The molecule has 0 fully saturated rings. The van der Waals surface area contributed by atoms with Crippen molar-refractivity contribution < 1.29 is 0 Å². The average molecular weight is 644 g/mol. The van der Waals surface area contributed by atoms with Crippen molar-refractivity contribution >= 4 is 45.0 Å². The third kappa shape index (κ3) is 7.87. The van der Waals surface area contributed by atoms with E-state index in [-0.39, 0.29) is 12.1 Å².